The monoisotopic (exact) mass is 375 g/mol. The molecular weight excluding hydrogens is 354 g/mol. The molecule has 0 bridgehead atoms. The number of aromatic nitrogens is 1. The van der Waals surface area contributed by atoms with Crippen LogP contribution in [0.4, 0.5) is 0 Å². The van der Waals surface area contributed by atoms with Crippen molar-refractivity contribution < 1.29 is 18.3 Å². The Morgan fingerprint density at radius 1 is 1.23 bits per heavy atom. The minimum Gasteiger partial charge on any atom is -0.478 e. The molecule has 3 rings (SSSR count). The summed E-state index contributed by atoms with van der Waals surface area (Å²) in [5, 5.41) is 9.33. The zero-order valence-electron chi connectivity index (χ0n) is 14.7. The van der Waals surface area contributed by atoms with Crippen molar-refractivity contribution in [1.29, 1.82) is 0 Å². The quantitative estimate of drug-likeness (QED) is 0.866. The van der Waals surface area contributed by atoms with Crippen LogP contribution in [0, 0.1) is 0 Å². The third-order valence-corrected chi connectivity index (χ3v) is 6.51. The molecular formula is C18H21N3O4S. The Balaban J connectivity index is 1.92. The van der Waals surface area contributed by atoms with E-state index in [4.69, 9.17) is 0 Å². The largest absolute Gasteiger partial charge is 0.478 e. The van der Waals surface area contributed by atoms with Crippen molar-refractivity contribution in [1.82, 2.24) is 13.6 Å². The van der Waals surface area contributed by atoms with Crippen LogP contribution in [0.1, 0.15) is 34.9 Å². The maximum Gasteiger partial charge on any atom is 0.336 e. The van der Waals surface area contributed by atoms with E-state index in [1.54, 1.807) is 42.6 Å². The molecule has 1 atom stereocenters. The van der Waals surface area contributed by atoms with Gasteiger partial charge in [-0.2, -0.15) is 17.0 Å². The van der Waals surface area contributed by atoms with E-state index < -0.39 is 16.2 Å². The highest BCUT2D eigenvalue weighted by Gasteiger charge is 2.37. The topological polar surface area (TPSA) is 90.8 Å². The molecule has 0 radical (unpaired) electrons. The first-order valence-corrected chi connectivity index (χ1v) is 9.70. The number of aromatic carboxylic acids is 1. The second kappa shape index (κ2) is 7.14. The summed E-state index contributed by atoms with van der Waals surface area (Å²) >= 11 is 0. The molecule has 0 saturated carbocycles. The van der Waals surface area contributed by atoms with Gasteiger partial charge in [0.2, 0.25) is 0 Å². The summed E-state index contributed by atoms with van der Waals surface area (Å²) < 4.78 is 27.6. The first-order valence-electron chi connectivity index (χ1n) is 8.30. The van der Waals surface area contributed by atoms with Crippen LogP contribution in [-0.4, -0.2) is 53.7 Å². The average Bonchev–Trinajstić information content (AvgIpc) is 3.12. The maximum absolute atomic E-state index is 12.5. The number of rotatable bonds is 5. The van der Waals surface area contributed by atoms with Crippen LogP contribution in [0.3, 0.4) is 0 Å². The molecule has 1 aliphatic heterocycles. The van der Waals surface area contributed by atoms with Crippen LogP contribution < -0.4 is 0 Å². The lowest BCUT2D eigenvalue weighted by Crippen LogP contribution is -2.39. The summed E-state index contributed by atoms with van der Waals surface area (Å²) in [7, 11) is -0.469. The Morgan fingerprint density at radius 2 is 1.96 bits per heavy atom. The van der Waals surface area contributed by atoms with Crippen LogP contribution in [0.15, 0.2) is 42.6 Å². The smallest absolute Gasteiger partial charge is 0.336 e. The van der Waals surface area contributed by atoms with Gasteiger partial charge < -0.3 is 5.11 Å². The van der Waals surface area contributed by atoms with Crippen LogP contribution >= 0.6 is 0 Å². The molecule has 7 nitrogen and oxygen atoms in total. The summed E-state index contributed by atoms with van der Waals surface area (Å²) in [4.78, 5) is 15.8. The van der Waals surface area contributed by atoms with Crippen LogP contribution in [-0.2, 0) is 10.2 Å². The number of benzene rings is 1. The molecule has 138 valence electrons. The van der Waals surface area contributed by atoms with Gasteiger partial charge in [-0.25, -0.2) is 4.79 Å². The van der Waals surface area contributed by atoms with Gasteiger partial charge in [0.05, 0.1) is 17.3 Å². The Kier molecular flexibility index (Phi) is 5.08. The standard InChI is InChI=1S/C18H21N3O4S/c1-20(2)26(24,25)21-11-5-8-17(21)16-10-9-13(12-19-16)14-6-3-4-7-15(14)18(22)23/h3-4,6-7,9-10,12,17H,5,8,11H2,1-2H3,(H,22,23)/t17-/m1/s1. The van der Waals surface area contributed by atoms with Gasteiger partial charge in [-0.05, 0) is 30.5 Å². The van der Waals surface area contributed by atoms with E-state index in [1.807, 2.05) is 0 Å². The minimum absolute atomic E-state index is 0.208. The van der Waals surface area contributed by atoms with Crippen molar-refractivity contribution in [3.05, 3.63) is 53.9 Å². The Labute approximate surface area is 153 Å². The van der Waals surface area contributed by atoms with Crippen molar-refractivity contribution in [2.75, 3.05) is 20.6 Å². The lowest BCUT2D eigenvalue weighted by atomic mass is 10.0. The number of nitrogens with zero attached hydrogens (tertiary/aromatic N) is 3. The van der Waals surface area contributed by atoms with Gasteiger partial charge in [0.1, 0.15) is 0 Å². The van der Waals surface area contributed by atoms with Gasteiger partial charge in [-0.15, -0.1) is 0 Å². The second-order valence-corrected chi connectivity index (χ2v) is 8.48. The number of carboxylic acids is 1. The molecule has 2 aromatic rings. The second-order valence-electron chi connectivity index (χ2n) is 6.38. The SMILES string of the molecule is CN(C)S(=O)(=O)N1CCC[C@@H]1c1ccc(-c2ccccc2C(=O)O)cn1. The molecule has 0 aliphatic carbocycles. The Morgan fingerprint density at radius 3 is 2.58 bits per heavy atom. The maximum atomic E-state index is 12.5. The van der Waals surface area contributed by atoms with E-state index in [1.165, 1.54) is 22.7 Å². The van der Waals surface area contributed by atoms with Gasteiger partial charge in [-0.1, -0.05) is 24.3 Å². The van der Waals surface area contributed by atoms with Gasteiger partial charge in [-0.3, -0.25) is 4.98 Å². The fourth-order valence-corrected chi connectivity index (χ4v) is 4.52. The highest BCUT2D eigenvalue weighted by molar-refractivity contribution is 7.86. The van der Waals surface area contributed by atoms with Crippen molar-refractivity contribution in [2.45, 2.75) is 18.9 Å². The van der Waals surface area contributed by atoms with Crippen molar-refractivity contribution >= 4 is 16.2 Å². The fraction of sp³-hybridized carbons (Fsp3) is 0.333. The van der Waals surface area contributed by atoms with E-state index in [2.05, 4.69) is 4.98 Å². The Hall–Kier alpha value is -2.29. The van der Waals surface area contributed by atoms with Gasteiger partial charge in [0.15, 0.2) is 0 Å². The molecule has 26 heavy (non-hydrogen) atoms. The summed E-state index contributed by atoms with van der Waals surface area (Å²) in [6.07, 6.45) is 3.10. The number of hydrogen-bond acceptors (Lipinski definition) is 4. The summed E-state index contributed by atoms with van der Waals surface area (Å²) in [5.74, 6) is -0.997. The average molecular weight is 375 g/mol. The van der Waals surface area contributed by atoms with Crippen molar-refractivity contribution in [3.63, 3.8) is 0 Å². The molecule has 1 saturated heterocycles. The van der Waals surface area contributed by atoms with Gasteiger partial charge >= 0.3 is 5.97 Å². The molecule has 0 amide bonds. The third-order valence-electron chi connectivity index (χ3n) is 4.56. The number of pyridine rings is 1. The zero-order chi connectivity index (χ0) is 18.9. The van der Waals surface area contributed by atoms with E-state index in [0.717, 1.165) is 6.42 Å². The van der Waals surface area contributed by atoms with E-state index in [-0.39, 0.29) is 11.6 Å². The fourth-order valence-electron chi connectivity index (χ4n) is 3.20. The molecule has 0 spiro atoms. The highest BCUT2D eigenvalue weighted by atomic mass is 32.2. The molecule has 0 unspecified atom stereocenters. The summed E-state index contributed by atoms with van der Waals surface area (Å²) in [6, 6.07) is 10.0. The van der Waals surface area contributed by atoms with Crippen LogP contribution in [0.25, 0.3) is 11.1 Å². The first kappa shape index (κ1) is 18.5. The van der Waals surface area contributed by atoms with Crippen LogP contribution in [0.5, 0.6) is 0 Å². The van der Waals surface area contributed by atoms with E-state index in [9.17, 15) is 18.3 Å². The number of carbonyl (C=O) groups is 1. The molecule has 1 aliphatic rings. The summed E-state index contributed by atoms with van der Waals surface area (Å²) in [5.41, 5.74) is 2.15. The Bertz CT molecular complexity index is 910. The van der Waals surface area contributed by atoms with Crippen molar-refractivity contribution in [3.8, 4) is 11.1 Å². The molecule has 1 N–H and O–H groups in total. The molecule has 8 heteroatoms. The van der Waals surface area contributed by atoms with Crippen molar-refractivity contribution in [2.24, 2.45) is 0 Å². The first-order chi connectivity index (χ1) is 12.3. The molecule has 1 aromatic heterocycles. The molecule has 2 heterocycles. The number of hydrogen-bond donors (Lipinski definition) is 1. The summed E-state index contributed by atoms with van der Waals surface area (Å²) in [6.45, 7) is 0.469. The van der Waals surface area contributed by atoms with Crippen LogP contribution in [0.2, 0.25) is 0 Å². The lowest BCUT2D eigenvalue weighted by molar-refractivity contribution is 0.0697. The van der Waals surface area contributed by atoms with Gasteiger partial charge in [0, 0.05) is 32.4 Å². The predicted octanol–water partition coefficient (Wildman–Crippen LogP) is 2.39. The van der Waals surface area contributed by atoms with Gasteiger partial charge in [0.25, 0.3) is 10.2 Å². The lowest BCUT2D eigenvalue weighted by Gasteiger charge is -2.26. The van der Waals surface area contributed by atoms with E-state index >= 15 is 0 Å². The molecule has 1 fully saturated rings. The molecule has 1 aromatic carbocycles. The van der Waals surface area contributed by atoms with E-state index in [0.29, 0.717) is 29.8 Å². The highest BCUT2D eigenvalue weighted by Crippen LogP contribution is 2.34. The predicted molar refractivity (Wildman–Crippen MR) is 97.9 cm³/mol. The normalized spacial score (nSPS) is 18.3. The number of carboxylic acid groups (broad SMARTS) is 1. The third kappa shape index (κ3) is 3.35. The minimum atomic E-state index is -3.51. The zero-order valence-corrected chi connectivity index (χ0v) is 15.5.